The van der Waals surface area contributed by atoms with Gasteiger partial charge in [0.05, 0.1) is 0 Å². The van der Waals surface area contributed by atoms with Gasteiger partial charge in [0.15, 0.2) is 0 Å². The second-order valence-corrected chi connectivity index (χ2v) is 16.7. The second kappa shape index (κ2) is 5.61. The molecule has 0 saturated carbocycles. The van der Waals surface area contributed by atoms with Crippen LogP contribution in [0, 0.1) is 0 Å². The highest BCUT2D eigenvalue weighted by molar-refractivity contribution is 6.73. The molecule has 0 bridgehead atoms. The average Bonchev–Trinajstić information content (AvgIpc) is 2.00. The van der Waals surface area contributed by atoms with Crippen molar-refractivity contribution in [3.05, 3.63) is 0 Å². The summed E-state index contributed by atoms with van der Waals surface area (Å²) in [7, 11) is 2.45. The summed E-state index contributed by atoms with van der Waals surface area (Å²) in [6, 6.07) is 0. The van der Waals surface area contributed by atoms with Gasteiger partial charge in [-0.15, -0.1) is 0 Å². The first kappa shape index (κ1) is 15.4. The molecule has 0 amide bonds. The molecule has 2 nitrogen and oxygen atoms in total. The van der Waals surface area contributed by atoms with Crippen LogP contribution >= 0.6 is 0 Å². The highest BCUT2D eigenvalue weighted by Crippen LogP contribution is 2.09. The highest BCUT2D eigenvalue weighted by atomic mass is 28.3. The van der Waals surface area contributed by atoms with Gasteiger partial charge in [-0.25, -0.2) is 0 Å². The standard InChI is InChI=1S/C11H30N2Si2/c1-12(14(3,4)5)10-9-11-13(2)15(6,7)8/h9-11H2,1-8H3. The van der Waals surface area contributed by atoms with E-state index < -0.39 is 16.5 Å². The van der Waals surface area contributed by atoms with Gasteiger partial charge in [-0.1, -0.05) is 39.3 Å². The molecule has 0 radical (unpaired) electrons. The van der Waals surface area contributed by atoms with Crippen LogP contribution in [0.25, 0.3) is 0 Å². The number of rotatable bonds is 6. The van der Waals surface area contributed by atoms with E-state index in [9.17, 15) is 0 Å². The van der Waals surface area contributed by atoms with Crippen molar-refractivity contribution in [1.29, 1.82) is 0 Å². The SMILES string of the molecule is CN(CCCN(C)[Si](C)(C)C)[Si](C)(C)C. The molecule has 15 heavy (non-hydrogen) atoms. The Morgan fingerprint density at radius 2 is 0.933 bits per heavy atom. The maximum absolute atomic E-state index is 2.57. The first-order valence-corrected chi connectivity index (χ1v) is 12.9. The summed E-state index contributed by atoms with van der Waals surface area (Å²) in [5.74, 6) is 0. The first-order chi connectivity index (χ1) is 6.55. The molecule has 0 aliphatic carbocycles. The predicted octanol–water partition coefficient (Wildman–Crippen LogP) is 2.91. The summed E-state index contributed by atoms with van der Waals surface area (Å²) < 4.78 is 5.15. The fourth-order valence-electron chi connectivity index (χ4n) is 1.22. The van der Waals surface area contributed by atoms with Gasteiger partial charge in [0.2, 0.25) is 0 Å². The van der Waals surface area contributed by atoms with E-state index in [0.29, 0.717) is 0 Å². The zero-order valence-corrected chi connectivity index (χ0v) is 14.0. The minimum atomic E-state index is -1.05. The lowest BCUT2D eigenvalue weighted by Crippen LogP contribution is -2.46. The van der Waals surface area contributed by atoms with Crippen molar-refractivity contribution in [2.24, 2.45) is 0 Å². The monoisotopic (exact) mass is 246 g/mol. The molecule has 0 rings (SSSR count). The molecular formula is C11H30N2Si2. The molecule has 0 aromatic carbocycles. The van der Waals surface area contributed by atoms with Crippen molar-refractivity contribution in [3.63, 3.8) is 0 Å². The third-order valence-corrected chi connectivity index (χ3v) is 8.31. The van der Waals surface area contributed by atoms with Crippen LogP contribution in [0.2, 0.25) is 39.3 Å². The van der Waals surface area contributed by atoms with E-state index in [1.807, 2.05) is 0 Å². The van der Waals surface area contributed by atoms with Gasteiger partial charge in [-0.3, -0.25) is 0 Å². The minimum Gasteiger partial charge on any atom is -0.327 e. The summed E-state index contributed by atoms with van der Waals surface area (Å²) in [6.45, 7) is 17.0. The number of hydrogen-bond acceptors (Lipinski definition) is 2. The van der Waals surface area contributed by atoms with E-state index in [4.69, 9.17) is 0 Å². The van der Waals surface area contributed by atoms with Gasteiger partial charge in [-0.2, -0.15) is 0 Å². The Morgan fingerprint density at radius 1 is 0.667 bits per heavy atom. The van der Waals surface area contributed by atoms with Crippen LogP contribution in [0.3, 0.4) is 0 Å². The fourth-order valence-corrected chi connectivity index (χ4v) is 2.87. The highest BCUT2D eigenvalue weighted by Gasteiger charge is 2.21. The van der Waals surface area contributed by atoms with Gasteiger partial charge in [0.1, 0.15) is 16.5 Å². The Morgan fingerprint density at radius 3 is 1.13 bits per heavy atom. The molecule has 0 atom stereocenters. The third-order valence-electron chi connectivity index (χ3n) is 3.28. The molecule has 0 unspecified atom stereocenters. The van der Waals surface area contributed by atoms with Crippen LogP contribution in [-0.2, 0) is 0 Å². The normalized spacial score (nSPS) is 14.0. The quantitative estimate of drug-likeness (QED) is 0.665. The van der Waals surface area contributed by atoms with Crippen LogP contribution in [0.5, 0.6) is 0 Å². The average molecular weight is 247 g/mol. The maximum atomic E-state index is 2.57. The summed E-state index contributed by atoms with van der Waals surface area (Å²) >= 11 is 0. The number of hydrogen-bond donors (Lipinski definition) is 0. The van der Waals surface area contributed by atoms with Gasteiger partial charge in [0.25, 0.3) is 0 Å². The van der Waals surface area contributed by atoms with Crippen LogP contribution in [-0.4, -0.2) is 52.8 Å². The van der Waals surface area contributed by atoms with E-state index in [1.54, 1.807) is 0 Å². The van der Waals surface area contributed by atoms with Crippen LogP contribution < -0.4 is 0 Å². The second-order valence-electron chi connectivity index (χ2n) is 6.54. The Labute approximate surface area is 98.8 Å². The third kappa shape index (κ3) is 6.50. The van der Waals surface area contributed by atoms with E-state index in [-0.39, 0.29) is 0 Å². The minimum absolute atomic E-state index is 1.05. The molecular weight excluding hydrogens is 216 g/mol. The largest absolute Gasteiger partial charge is 0.327 e. The Bertz CT molecular complexity index is 162. The summed E-state index contributed by atoms with van der Waals surface area (Å²) in [6.07, 6.45) is 1.31. The molecule has 0 fully saturated rings. The lowest BCUT2D eigenvalue weighted by molar-refractivity contribution is 0.427. The molecule has 0 heterocycles. The van der Waals surface area contributed by atoms with E-state index in [2.05, 4.69) is 62.5 Å². The molecule has 0 aromatic rings. The lowest BCUT2D eigenvalue weighted by atomic mass is 10.4. The summed E-state index contributed by atoms with van der Waals surface area (Å²) in [5, 5.41) is 0. The molecule has 0 spiro atoms. The van der Waals surface area contributed by atoms with E-state index >= 15 is 0 Å². The van der Waals surface area contributed by atoms with Gasteiger partial charge >= 0.3 is 0 Å². The van der Waals surface area contributed by atoms with Crippen molar-refractivity contribution in [2.75, 3.05) is 27.2 Å². The first-order valence-electron chi connectivity index (χ1n) is 5.97. The van der Waals surface area contributed by atoms with Crippen LogP contribution in [0.15, 0.2) is 0 Å². The molecule has 0 saturated heterocycles. The number of nitrogens with zero attached hydrogens (tertiary/aromatic N) is 2. The topological polar surface area (TPSA) is 6.48 Å². The summed E-state index contributed by atoms with van der Waals surface area (Å²) in [5.41, 5.74) is 0. The van der Waals surface area contributed by atoms with Gasteiger partial charge < -0.3 is 9.13 Å². The lowest BCUT2D eigenvalue weighted by Gasteiger charge is -2.33. The van der Waals surface area contributed by atoms with Crippen molar-refractivity contribution >= 4 is 16.5 Å². The maximum Gasteiger partial charge on any atom is 0.118 e. The fraction of sp³-hybridized carbons (Fsp3) is 1.00. The van der Waals surface area contributed by atoms with Crippen molar-refractivity contribution < 1.29 is 0 Å². The van der Waals surface area contributed by atoms with Crippen molar-refractivity contribution in [3.8, 4) is 0 Å². The Hall–Kier alpha value is 0.354. The van der Waals surface area contributed by atoms with Crippen molar-refractivity contribution in [1.82, 2.24) is 9.13 Å². The molecule has 4 heteroatoms. The van der Waals surface area contributed by atoms with Crippen LogP contribution in [0.4, 0.5) is 0 Å². The zero-order chi connectivity index (χ0) is 12.3. The zero-order valence-electron chi connectivity index (χ0n) is 12.0. The Kier molecular flexibility index (Phi) is 5.75. The van der Waals surface area contributed by atoms with E-state index in [0.717, 1.165) is 0 Å². The summed E-state index contributed by atoms with van der Waals surface area (Å²) in [4.78, 5) is 0. The molecule has 0 aliphatic heterocycles. The predicted molar refractivity (Wildman–Crippen MR) is 76.6 cm³/mol. The molecule has 0 aliphatic rings. The molecule has 0 N–H and O–H groups in total. The van der Waals surface area contributed by atoms with Crippen LogP contribution in [0.1, 0.15) is 6.42 Å². The van der Waals surface area contributed by atoms with Gasteiger partial charge in [0, 0.05) is 0 Å². The molecule has 92 valence electrons. The smallest absolute Gasteiger partial charge is 0.118 e. The van der Waals surface area contributed by atoms with E-state index in [1.165, 1.54) is 19.5 Å². The van der Waals surface area contributed by atoms with Crippen molar-refractivity contribution in [2.45, 2.75) is 45.7 Å². The van der Waals surface area contributed by atoms with Gasteiger partial charge in [-0.05, 0) is 33.6 Å². The molecule has 0 aromatic heterocycles. The Balaban J connectivity index is 3.81.